The highest BCUT2D eigenvalue weighted by molar-refractivity contribution is 7.19. The zero-order chi connectivity index (χ0) is 18.0. The molecular formula is C18H17ClFN3OS. The van der Waals surface area contributed by atoms with Crippen LogP contribution in [0.1, 0.15) is 18.2 Å². The van der Waals surface area contributed by atoms with Gasteiger partial charge in [-0.25, -0.2) is 14.4 Å². The van der Waals surface area contributed by atoms with Gasteiger partial charge in [0.25, 0.3) is 0 Å². The first kappa shape index (κ1) is 17.6. The molecule has 130 valence electrons. The summed E-state index contributed by atoms with van der Waals surface area (Å²) in [6, 6.07) is 8.75. The lowest BCUT2D eigenvalue weighted by Gasteiger charge is -2.14. The van der Waals surface area contributed by atoms with Crippen LogP contribution in [-0.4, -0.2) is 17.1 Å². The van der Waals surface area contributed by atoms with Gasteiger partial charge in [-0.1, -0.05) is 24.6 Å². The number of benzene rings is 1. The number of aryl methyl sites for hydroxylation is 2. The van der Waals surface area contributed by atoms with Crippen LogP contribution < -0.4 is 10.1 Å². The molecule has 0 saturated heterocycles. The topological polar surface area (TPSA) is 47.0 Å². The van der Waals surface area contributed by atoms with Crippen molar-refractivity contribution in [2.45, 2.75) is 20.3 Å². The maximum atomic E-state index is 14.3. The molecule has 0 amide bonds. The van der Waals surface area contributed by atoms with E-state index < -0.39 is 0 Å². The highest BCUT2D eigenvalue weighted by Gasteiger charge is 2.16. The third kappa shape index (κ3) is 3.75. The summed E-state index contributed by atoms with van der Waals surface area (Å²) in [5.74, 6) is 1.07. The van der Waals surface area contributed by atoms with Crippen molar-refractivity contribution in [1.29, 1.82) is 0 Å². The lowest BCUT2D eigenvalue weighted by molar-refractivity contribution is 0.409. The molecular weight excluding hydrogens is 361 g/mol. The molecule has 0 unspecified atom stereocenters. The number of rotatable bonds is 5. The second kappa shape index (κ2) is 7.37. The standard InChI is InChI=1S/C18H17ClFN3OS/c1-4-11-5-6-13(12(20)9-11)22-18-16(24-3)10(2)21-17(23-18)14-7-8-15(19)25-14/h5-9H,4H2,1-3H3,(H,21,22,23). The maximum absolute atomic E-state index is 14.3. The van der Waals surface area contributed by atoms with Gasteiger partial charge in [-0.3, -0.25) is 0 Å². The van der Waals surface area contributed by atoms with Gasteiger partial charge in [-0.05, 0) is 43.2 Å². The monoisotopic (exact) mass is 377 g/mol. The second-order valence-corrected chi connectivity index (χ2v) is 7.13. The third-order valence-electron chi connectivity index (χ3n) is 3.73. The average molecular weight is 378 g/mol. The van der Waals surface area contributed by atoms with Crippen molar-refractivity contribution in [3.8, 4) is 16.5 Å². The van der Waals surface area contributed by atoms with Crippen LogP contribution in [0.2, 0.25) is 4.34 Å². The van der Waals surface area contributed by atoms with Crippen molar-refractivity contribution in [2.24, 2.45) is 0 Å². The minimum Gasteiger partial charge on any atom is -0.491 e. The molecule has 0 saturated carbocycles. The minimum absolute atomic E-state index is 0.335. The maximum Gasteiger partial charge on any atom is 0.182 e. The highest BCUT2D eigenvalue weighted by Crippen LogP contribution is 2.34. The lowest BCUT2D eigenvalue weighted by Crippen LogP contribution is -2.04. The molecule has 0 radical (unpaired) electrons. The number of methoxy groups -OCH3 is 1. The largest absolute Gasteiger partial charge is 0.491 e. The minimum atomic E-state index is -0.335. The quantitative estimate of drug-likeness (QED) is 0.626. The van der Waals surface area contributed by atoms with E-state index in [0.717, 1.165) is 16.9 Å². The van der Waals surface area contributed by atoms with Gasteiger partial charge in [-0.2, -0.15) is 0 Å². The van der Waals surface area contributed by atoms with Gasteiger partial charge in [0.15, 0.2) is 17.4 Å². The summed E-state index contributed by atoms with van der Waals surface area (Å²) in [4.78, 5) is 9.80. The number of aromatic nitrogens is 2. The fraction of sp³-hybridized carbons (Fsp3) is 0.222. The number of anilines is 2. The number of ether oxygens (including phenoxy) is 1. The van der Waals surface area contributed by atoms with Gasteiger partial charge in [0.1, 0.15) is 5.82 Å². The molecule has 4 nitrogen and oxygen atoms in total. The van der Waals surface area contributed by atoms with Crippen molar-refractivity contribution in [3.05, 3.63) is 51.7 Å². The predicted octanol–water partition coefficient (Wildman–Crippen LogP) is 5.62. The molecule has 0 aliphatic rings. The summed E-state index contributed by atoms with van der Waals surface area (Å²) in [6.45, 7) is 3.80. The molecule has 3 aromatic rings. The van der Waals surface area contributed by atoms with Crippen LogP contribution in [-0.2, 0) is 6.42 Å². The van der Waals surface area contributed by atoms with Crippen molar-refractivity contribution in [1.82, 2.24) is 9.97 Å². The van der Waals surface area contributed by atoms with Gasteiger partial charge in [-0.15, -0.1) is 11.3 Å². The normalized spacial score (nSPS) is 10.8. The molecule has 3 rings (SSSR count). The summed E-state index contributed by atoms with van der Waals surface area (Å²) >= 11 is 7.38. The van der Waals surface area contributed by atoms with E-state index in [1.54, 1.807) is 12.1 Å². The van der Waals surface area contributed by atoms with Crippen molar-refractivity contribution >= 4 is 34.4 Å². The Balaban J connectivity index is 2.03. The zero-order valence-electron chi connectivity index (χ0n) is 14.1. The van der Waals surface area contributed by atoms with Crippen molar-refractivity contribution < 1.29 is 9.13 Å². The number of halogens is 2. The van der Waals surface area contributed by atoms with Crippen LogP contribution >= 0.6 is 22.9 Å². The Morgan fingerprint density at radius 2 is 2.04 bits per heavy atom. The van der Waals surface area contributed by atoms with Gasteiger partial charge < -0.3 is 10.1 Å². The number of hydrogen-bond donors (Lipinski definition) is 1. The number of thiophene rings is 1. The number of nitrogens with one attached hydrogen (secondary N) is 1. The van der Waals surface area contributed by atoms with Crippen LogP contribution in [0.5, 0.6) is 5.75 Å². The average Bonchev–Trinajstić information content (AvgIpc) is 3.03. The third-order valence-corrected chi connectivity index (χ3v) is 4.95. The number of nitrogens with zero attached hydrogens (tertiary/aromatic N) is 2. The highest BCUT2D eigenvalue weighted by atomic mass is 35.5. The Kier molecular flexibility index (Phi) is 5.20. The zero-order valence-corrected chi connectivity index (χ0v) is 15.6. The molecule has 2 aromatic heterocycles. The second-order valence-electron chi connectivity index (χ2n) is 5.41. The van der Waals surface area contributed by atoms with E-state index in [0.29, 0.717) is 33.1 Å². The molecule has 7 heteroatoms. The van der Waals surface area contributed by atoms with E-state index in [1.807, 2.05) is 26.0 Å². The summed E-state index contributed by atoms with van der Waals surface area (Å²) in [5.41, 5.74) is 1.93. The lowest BCUT2D eigenvalue weighted by atomic mass is 10.1. The Bertz CT molecular complexity index is 913. The molecule has 1 aromatic carbocycles. The smallest absolute Gasteiger partial charge is 0.182 e. The van der Waals surface area contributed by atoms with Crippen LogP contribution in [0.15, 0.2) is 30.3 Å². The molecule has 1 N–H and O–H groups in total. The van der Waals surface area contributed by atoms with Gasteiger partial charge in [0.05, 0.1) is 27.7 Å². The van der Waals surface area contributed by atoms with E-state index in [4.69, 9.17) is 16.3 Å². The molecule has 0 spiro atoms. The van der Waals surface area contributed by atoms with Gasteiger partial charge >= 0.3 is 0 Å². The van der Waals surface area contributed by atoms with Gasteiger partial charge in [0.2, 0.25) is 0 Å². The first-order valence-corrected chi connectivity index (χ1v) is 8.95. The van der Waals surface area contributed by atoms with E-state index in [2.05, 4.69) is 15.3 Å². The Labute approximate surface area is 154 Å². The van der Waals surface area contributed by atoms with Crippen LogP contribution in [0.3, 0.4) is 0 Å². The first-order chi connectivity index (χ1) is 12.0. The molecule has 0 aliphatic carbocycles. The van der Waals surface area contributed by atoms with Crippen LogP contribution in [0.4, 0.5) is 15.9 Å². The molecule has 0 bridgehead atoms. The summed E-state index contributed by atoms with van der Waals surface area (Å²) in [6.07, 6.45) is 0.774. The van der Waals surface area contributed by atoms with E-state index in [-0.39, 0.29) is 5.82 Å². The Morgan fingerprint density at radius 3 is 2.64 bits per heavy atom. The summed E-state index contributed by atoms with van der Waals surface area (Å²) in [7, 11) is 1.54. The number of hydrogen-bond acceptors (Lipinski definition) is 5. The molecule has 25 heavy (non-hydrogen) atoms. The molecule has 0 atom stereocenters. The first-order valence-electron chi connectivity index (χ1n) is 7.75. The van der Waals surface area contributed by atoms with Gasteiger partial charge in [0, 0.05) is 0 Å². The fourth-order valence-corrected chi connectivity index (χ4v) is 3.42. The predicted molar refractivity (Wildman–Crippen MR) is 101 cm³/mol. The van der Waals surface area contributed by atoms with E-state index in [1.165, 1.54) is 24.5 Å². The molecule has 2 heterocycles. The SMILES string of the molecule is CCc1ccc(Nc2nc(-c3ccc(Cl)s3)nc(C)c2OC)c(F)c1. The van der Waals surface area contributed by atoms with E-state index in [9.17, 15) is 4.39 Å². The molecule has 0 fully saturated rings. The fourth-order valence-electron chi connectivity index (χ4n) is 2.44. The van der Waals surface area contributed by atoms with Crippen molar-refractivity contribution in [3.63, 3.8) is 0 Å². The Morgan fingerprint density at radius 1 is 1.24 bits per heavy atom. The van der Waals surface area contributed by atoms with Crippen LogP contribution in [0, 0.1) is 12.7 Å². The van der Waals surface area contributed by atoms with Crippen LogP contribution in [0.25, 0.3) is 10.7 Å². The van der Waals surface area contributed by atoms with E-state index >= 15 is 0 Å². The molecule has 0 aliphatic heterocycles. The summed E-state index contributed by atoms with van der Waals surface area (Å²) < 4.78 is 20.4. The van der Waals surface area contributed by atoms with Crippen molar-refractivity contribution in [2.75, 3.05) is 12.4 Å². The summed E-state index contributed by atoms with van der Waals surface area (Å²) in [5, 5.41) is 3.02. The Hall–Kier alpha value is -2.18.